The summed E-state index contributed by atoms with van der Waals surface area (Å²) in [6.07, 6.45) is 0. The number of isothiocyanates is 1. The van der Waals surface area contributed by atoms with Gasteiger partial charge in [-0.2, -0.15) is 4.99 Å². The third-order valence-corrected chi connectivity index (χ3v) is 3.86. The van der Waals surface area contributed by atoms with Crippen LogP contribution in [-0.2, 0) is 10.0 Å². The van der Waals surface area contributed by atoms with Crippen LogP contribution in [0.5, 0.6) is 0 Å². The van der Waals surface area contributed by atoms with E-state index >= 15 is 0 Å². The SMILES string of the molecule is O=S(=O)(Nc1ccc(Cl)nn1)c1ccc(N=C=S)cc1. The fourth-order valence-electron chi connectivity index (χ4n) is 1.32. The standard InChI is InChI=1S/C11H7ClN4O2S2/c12-10-5-6-11(15-14-10)16-20(17,18)9-3-1-8(2-4-9)13-7-19/h1-6H,(H,15,16). The van der Waals surface area contributed by atoms with Crippen molar-refractivity contribution in [2.75, 3.05) is 4.72 Å². The van der Waals surface area contributed by atoms with Gasteiger partial charge in [-0.05, 0) is 48.6 Å². The van der Waals surface area contributed by atoms with Gasteiger partial charge in [0, 0.05) is 0 Å². The van der Waals surface area contributed by atoms with Crippen LogP contribution in [-0.4, -0.2) is 23.8 Å². The smallest absolute Gasteiger partial charge is 0.262 e. The molecule has 1 N–H and O–H groups in total. The van der Waals surface area contributed by atoms with Crippen molar-refractivity contribution in [1.29, 1.82) is 0 Å². The van der Waals surface area contributed by atoms with Crippen LogP contribution >= 0.6 is 23.8 Å². The molecule has 0 bridgehead atoms. The van der Waals surface area contributed by atoms with Gasteiger partial charge in [0.15, 0.2) is 11.0 Å². The molecule has 1 aromatic heterocycles. The lowest BCUT2D eigenvalue weighted by Crippen LogP contribution is -2.14. The summed E-state index contributed by atoms with van der Waals surface area (Å²) in [5.41, 5.74) is 0.519. The molecule has 0 spiro atoms. The second-order valence-electron chi connectivity index (χ2n) is 3.54. The number of hydrogen-bond acceptors (Lipinski definition) is 6. The van der Waals surface area contributed by atoms with E-state index in [1.807, 2.05) is 0 Å². The third kappa shape index (κ3) is 3.58. The predicted octanol–water partition coefficient (Wildman–Crippen LogP) is 2.67. The zero-order chi connectivity index (χ0) is 14.6. The Morgan fingerprint density at radius 1 is 1.15 bits per heavy atom. The molecular weight excluding hydrogens is 320 g/mol. The van der Waals surface area contributed by atoms with E-state index in [0.29, 0.717) is 5.69 Å². The van der Waals surface area contributed by atoms with E-state index in [2.05, 4.69) is 37.3 Å². The van der Waals surface area contributed by atoms with Crippen molar-refractivity contribution < 1.29 is 8.42 Å². The number of anilines is 1. The average molecular weight is 327 g/mol. The predicted molar refractivity (Wildman–Crippen MR) is 79.0 cm³/mol. The zero-order valence-corrected chi connectivity index (χ0v) is 12.2. The molecule has 2 rings (SSSR count). The van der Waals surface area contributed by atoms with Crippen LogP contribution < -0.4 is 4.72 Å². The molecule has 20 heavy (non-hydrogen) atoms. The molecule has 0 fully saturated rings. The topological polar surface area (TPSA) is 84.3 Å². The third-order valence-electron chi connectivity index (χ3n) is 2.19. The van der Waals surface area contributed by atoms with Gasteiger partial charge >= 0.3 is 0 Å². The van der Waals surface area contributed by atoms with Crippen molar-refractivity contribution >= 4 is 50.5 Å². The second-order valence-corrected chi connectivity index (χ2v) is 5.80. The van der Waals surface area contributed by atoms with Gasteiger partial charge in [-0.25, -0.2) is 8.42 Å². The first kappa shape index (κ1) is 14.5. The summed E-state index contributed by atoms with van der Waals surface area (Å²) in [6, 6.07) is 8.68. The maximum Gasteiger partial charge on any atom is 0.263 e. The van der Waals surface area contributed by atoms with Crippen LogP contribution in [0.4, 0.5) is 11.5 Å². The van der Waals surface area contributed by atoms with Crippen molar-refractivity contribution in [3.05, 3.63) is 41.6 Å². The Morgan fingerprint density at radius 3 is 2.40 bits per heavy atom. The van der Waals surface area contributed by atoms with Gasteiger partial charge in [-0.15, -0.1) is 10.2 Å². The van der Waals surface area contributed by atoms with Crippen LogP contribution in [0.25, 0.3) is 0 Å². The molecule has 9 heteroatoms. The minimum Gasteiger partial charge on any atom is -0.262 e. The van der Waals surface area contributed by atoms with Crippen LogP contribution in [0.3, 0.4) is 0 Å². The lowest BCUT2D eigenvalue weighted by Gasteiger charge is -2.06. The van der Waals surface area contributed by atoms with Gasteiger partial charge in [0.2, 0.25) is 0 Å². The summed E-state index contributed by atoms with van der Waals surface area (Å²) in [6.45, 7) is 0. The lowest BCUT2D eigenvalue weighted by atomic mass is 10.3. The van der Waals surface area contributed by atoms with Crippen molar-refractivity contribution in [2.24, 2.45) is 4.99 Å². The first-order chi connectivity index (χ1) is 9.51. The summed E-state index contributed by atoms with van der Waals surface area (Å²) < 4.78 is 26.4. The minimum atomic E-state index is -3.74. The number of benzene rings is 1. The number of aromatic nitrogens is 2. The van der Waals surface area contributed by atoms with Crippen molar-refractivity contribution in [3.8, 4) is 0 Å². The normalized spacial score (nSPS) is 10.7. The highest BCUT2D eigenvalue weighted by atomic mass is 35.5. The van der Waals surface area contributed by atoms with Gasteiger partial charge in [0.25, 0.3) is 10.0 Å². The van der Waals surface area contributed by atoms with Crippen molar-refractivity contribution in [2.45, 2.75) is 4.90 Å². The Hall–Kier alpha value is -1.86. The molecule has 1 heterocycles. The molecule has 0 unspecified atom stereocenters. The molecule has 0 atom stereocenters. The summed E-state index contributed by atoms with van der Waals surface area (Å²) in [7, 11) is -3.74. The van der Waals surface area contributed by atoms with Crippen LogP contribution in [0, 0.1) is 0 Å². The molecule has 0 saturated heterocycles. The Labute approximate surface area is 125 Å². The summed E-state index contributed by atoms with van der Waals surface area (Å²) in [4.78, 5) is 3.80. The fourth-order valence-corrected chi connectivity index (χ4v) is 2.52. The zero-order valence-electron chi connectivity index (χ0n) is 9.82. The van der Waals surface area contributed by atoms with Gasteiger partial charge in [0.05, 0.1) is 15.7 Å². The maximum atomic E-state index is 12.1. The number of rotatable bonds is 4. The van der Waals surface area contributed by atoms with E-state index < -0.39 is 10.0 Å². The molecule has 0 amide bonds. The van der Waals surface area contributed by atoms with E-state index in [0.717, 1.165) is 0 Å². The molecule has 2 aromatic rings. The molecule has 6 nitrogen and oxygen atoms in total. The number of sulfonamides is 1. The Bertz CT molecular complexity index is 754. The van der Waals surface area contributed by atoms with Crippen LogP contribution in [0.15, 0.2) is 46.3 Å². The molecule has 0 aliphatic carbocycles. The van der Waals surface area contributed by atoms with Crippen LogP contribution in [0.1, 0.15) is 0 Å². The molecule has 0 aliphatic rings. The lowest BCUT2D eigenvalue weighted by molar-refractivity contribution is 0.601. The second kappa shape index (κ2) is 6.06. The van der Waals surface area contributed by atoms with E-state index in [4.69, 9.17) is 11.6 Å². The highest BCUT2D eigenvalue weighted by Crippen LogP contribution is 2.18. The van der Waals surface area contributed by atoms with Crippen molar-refractivity contribution in [3.63, 3.8) is 0 Å². The number of aliphatic imine (C=N–C) groups is 1. The maximum absolute atomic E-state index is 12.1. The van der Waals surface area contributed by atoms with E-state index in [1.54, 1.807) is 0 Å². The fraction of sp³-hybridized carbons (Fsp3) is 0. The Kier molecular flexibility index (Phi) is 4.41. The minimum absolute atomic E-state index is 0.0672. The van der Waals surface area contributed by atoms with Gasteiger partial charge in [-0.3, -0.25) is 4.72 Å². The Balaban J connectivity index is 2.25. The number of hydrogen-bond donors (Lipinski definition) is 1. The molecular formula is C11H7ClN4O2S2. The van der Waals surface area contributed by atoms with E-state index in [1.165, 1.54) is 36.4 Å². The largest absolute Gasteiger partial charge is 0.263 e. The first-order valence-corrected chi connectivity index (χ1v) is 7.48. The summed E-state index contributed by atoms with van der Waals surface area (Å²) >= 11 is 10.0. The highest BCUT2D eigenvalue weighted by molar-refractivity contribution is 7.92. The number of thiocarbonyl (C=S) groups is 1. The van der Waals surface area contributed by atoms with Crippen LogP contribution in [0.2, 0.25) is 5.15 Å². The Morgan fingerprint density at radius 2 is 1.85 bits per heavy atom. The van der Waals surface area contributed by atoms with Gasteiger partial charge in [-0.1, -0.05) is 11.6 Å². The molecule has 0 radical (unpaired) electrons. The molecule has 0 aliphatic heterocycles. The summed E-state index contributed by atoms with van der Waals surface area (Å²) in [5, 5.41) is 9.55. The quantitative estimate of drug-likeness (QED) is 0.689. The number of halogens is 1. The monoisotopic (exact) mass is 326 g/mol. The van der Waals surface area contributed by atoms with Gasteiger partial charge < -0.3 is 0 Å². The van der Waals surface area contributed by atoms with E-state index in [9.17, 15) is 8.42 Å². The average Bonchev–Trinajstić information content (AvgIpc) is 2.42. The number of nitrogens with one attached hydrogen (secondary N) is 1. The van der Waals surface area contributed by atoms with Gasteiger partial charge in [0.1, 0.15) is 0 Å². The number of nitrogens with zero attached hydrogens (tertiary/aromatic N) is 3. The van der Waals surface area contributed by atoms with E-state index in [-0.39, 0.29) is 15.9 Å². The highest BCUT2D eigenvalue weighted by Gasteiger charge is 2.14. The van der Waals surface area contributed by atoms with Crippen molar-refractivity contribution in [1.82, 2.24) is 10.2 Å². The summed E-state index contributed by atoms with van der Waals surface area (Å²) in [5.74, 6) is 0.0791. The molecule has 0 saturated carbocycles. The first-order valence-electron chi connectivity index (χ1n) is 5.21. The molecule has 1 aromatic carbocycles. The molecule has 102 valence electrons.